The van der Waals surface area contributed by atoms with E-state index in [4.69, 9.17) is 11.0 Å². The van der Waals surface area contributed by atoms with Crippen molar-refractivity contribution in [3.63, 3.8) is 0 Å². The Balaban J connectivity index is 1.77. The molecule has 146 valence electrons. The Morgan fingerprint density at radius 1 is 1.07 bits per heavy atom. The van der Waals surface area contributed by atoms with Crippen molar-refractivity contribution in [2.75, 3.05) is 26.2 Å². The van der Waals surface area contributed by atoms with Gasteiger partial charge in [-0.25, -0.2) is 12.8 Å². The van der Waals surface area contributed by atoms with Gasteiger partial charge in [0, 0.05) is 26.2 Å². The van der Waals surface area contributed by atoms with Crippen molar-refractivity contribution >= 4 is 15.9 Å². The van der Waals surface area contributed by atoms with Crippen molar-refractivity contribution in [1.29, 1.82) is 5.26 Å². The number of hydrogen-bond donors (Lipinski definition) is 1. The number of halogens is 1. The minimum Gasteiger partial charge on any atom is -0.368 e. The summed E-state index contributed by atoms with van der Waals surface area (Å²) in [5.41, 5.74) is 6.68. The van der Waals surface area contributed by atoms with Gasteiger partial charge in [0.15, 0.2) is 0 Å². The molecule has 0 aromatic heterocycles. The first-order chi connectivity index (χ1) is 13.3. The molecule has 9 heteroatoms. The number of amides is 1. The van der Waals surface area contributed by atoms with E-state index >= 15 is 0 Å². The maximum atomic E-state index is 13.9. The highest BCUT2D eigenvalue weighted by molar-refractivity contribution is 7.89. The van der Waals surface area contributed by atoms with E-state index < -0.39 is 27.8 Å². The normalized spacial score (nSPS) is 17.0. The highest BCUT2D eigenvalue weighted by Crippen LogP contribution is 2.25. The molecule has 1 aliphatic rings. The number of benzene rings is 2. The predicted molar refractivity (Wildman–Crippen MR) is 99.8 cm³/mol. The molecule has 1 unspecified atom stereocenters. The van der Waals surface area contributed by atoms with E-state index in [9.17, 15) is 17.6 Å². The number of nitriles is 1. The van der Waals surface area contributed by atoms with Gasteiger partial charge in [0.25, 0.3) is 0 Å². The van der Waals surface area contributed by atoms with Gasteiger partial charge in [-0.1, -0.05) is 24.3 Å². The summed E-state index contributed by atoms with van der Waals surface area (Å²) < 4.78 is 40.5. The fourth-order valence-electron chi connectivity index (χ4n) is 3.29. The number of rotatable bonds is 5. The van der Waals surface area contributed by atoms with Crippen LogP contribution in [-0.2, 0) is 14.8 Å². The van der Waals surface area contributed by atoms with Crippen LogP contribution in [0, 0.1) is 17.1 Å². The van der Waals surface area contributed by atoms with Gasteiger partial charge in [0.05, 0.1) is 11.6 Å². The van der Waals surface area contributed by atoms with E-state index in [0.717, 1.165) is 6.07 Å². The second kappa shape index (κ2) is 8.06. The van der Waals surface area contributed by atoms with E-state index in [2.05, 4.69) is 0 Å². The second-order valence-electron chi connectivity index (χ2n) is 6.41. The van der Waals surface area contributed by atoms with Crippen molar-refractivity contribution in [3.8, 4) is 6.07 Å². The molecule has 2 aromatic carbocycles. The minimum absolute atomic E-state index is 0.108. The summed E-state index contributed by atoms with van der Waals surface area (Å²) in [6.45, 7) is 0.746. The molecule has 1 fully saturated rings. The lowest BCUT2D eigenvalue weighted by Gasteiger charge is -2.37. The van der Waals surface area contributed by atoms with Gasteiger partial charge in [-0.2, -0.15) is 9.57 Å². The number of piperazine rings is 1. The van der Waals surface area contributed by atoms with Gasteiger partial charge in [-0.05, 0) is 29.8 Å². The largest absolute Gasteiger partial charge is 0.368 e. The van der Waals surface area contributed by atoms with Crippen molar-refractivity contribution < 1.29 is 17.6 Å². The third-order valence-corrected chi connectivity index (χ3v) is 6.65. The molecule has 28 heavy (non-hydrogen) atoms. The first-order valence-electron chi connectivity index (χ1n) is 8.62. The van der Waals surface area contributed by atoms with E-state index in [1.54, 1.807) is 29.2 Å². The summed E-state index contributed by atoms with van der Waals surface area (Å²) in [6, 6.07) is 13.1. The van der Waals surface area contributed by atoms with Crippen molar-refractivity contribution in [1.82, 2.24) is 9.21 Å². The van der Waals surface area contributed by atoms with Crippen LogP contribution in [0.1, 0.15) is 17.2 Å². The standard InChI is InChI=1S/C19H19FN4O3S/c20-16-3-1-2-4-17(16)28(26,27)24-11-9-23(10-12-24)18(19(22)25)15-7-5-14(13-21)6-8-15/h1-8,18H,9-12H2,(H2,22,25). The third-order valence-electron chi connectivity index (χ3n) is 4.72. The van der Waals surface area contributed by atoms with Crippen LogP contribution in [0.5, 0.6) is 0 Å². The Labute approximate surface area is 162 Å². The Bertz CT molecular complexity index is 1010. The predicted octanol–water partition coefficient (Wildman–Crippen LogP) is 1.23. The molecule has 3 rings (SSSR count). The van der Waals surface area contributed by atoms with E-state index in [1.165, 1.54) is 22.5 Å². The molecule has 1 saturated heterocycles. The molecule has 2 aromatic rings. The molecule has 0 saturated carbocycles. The van der Waals surface area contributed by atoms with E-state index in [1.807, 2.05) is 6.07 Å². The number of primary amides is 1. The van der Waals surface area contributed by atoms with Crippen LogP contribution in [0.3, 0.4) is 0 Å². The average molecular weight is 402 g/mol. The lowest BCUT2D eigenvalue weighted by molar-refractivity contribution is -0.124. The fraction of sp³-hybridized carbons (Fsp3) is 0.263. The highest BCUT2D eigenvalue weighted by Gasteiger charge is 2.34. The van der Waals surface area contributed by atoms with Gasteiger partial charge in [-0.15, -0.1) is 0 Å². The van der Waals surface area contributed by atoms with Crippen LogP contribution in [0.15, 0.2) is 53.4 Å². The molecular formula is C19H19FN4O3S. The van der Waals surface area contributed by atoms with Gasteiger partial charge in [0.2, 0.25) is 15.9 Å². The topological polar surface area (TPSA) is 107 Å². The summed E-state index contributed by atoms with van der Waals surface area (Å²) in [7, 11) is -3.96. The molecule has 7 nitrogen and oxygen atoms in total. The monoisotopic (exact) mass is 402 g/mol. The first-order valence-corrected chi connectivity index (χ1v) is 10.1. The van der Waals surface area contributed by atoms with Gasteiger partial charge in [0.1, 0.15) is 16.8 Å². The van der Waals surface area contributed by atoms with Crippen LogP contribution < -0.4 is 5.73 Å². The van der Waals surface area contributed by atoms with Crippen molar-refractivity contribution in [3.05, 3.63) is 65.5 Å². The number of nitrogens with zero attached hydrogens (tertiary/aromatic N) is 3. The number of hydrogen-bond acceptors (Lipinski definition) is 5. The molecule has 1 aliphatic heterocycles. The SMILES string of the molecule is N#Cc1ccc(C(C(N)=O)N2CCN(S(=O)(=O)c3ccccc3F)CC2)cc1. The van der Waals surface area contributed by atoms with E-state index in [0.29, 0.717) is 11.1 Å². The highest BCUT2D eigenvalue weighted by atomic mass is 32.2. The molecule has 0 aliphatic carbocycles. The summed E-state index contributed by atoms with van der Waals surface area (Å²) in [4.78, 5) is 13.5. The van der Waals surface area contributed by atoms with Crippen LogP contribution in [-0.4, -0.2) is 49.7 Å². The average Bonchev–Trinajstić information content (AvgIpc) is 2.69. The van der Waals surface area contributed by atoms with E-state index in [-0.39, 0.29) is 31.1 Å². The summed E-state index contributed by atoms with van der Waals surface area (Å²) in [5.74, 6) is -1.35. The van der Waals surface area contributed by atoms with Crippen LogP contribution in [0.4, 0.5) is 4.39 Å². The second-order valence-corrected chi connectivity index (χ2v) is 8.32. The molecule has 0 bridgehead atoms. The lowest BCUT2D eigenvalue weighted by Crippen LogP contribution is -2.51. The fourth-order valence-corrected chi connectivity index (χ4v) is 4.78. The van der Waals surface area contributed by atoms with Crippen LogP contribution >= 0.6 is 0 Å². The Morgan fingerprint density at radius 2 is 1.68 bits per heavy atom. The molecule has 1 atom stereocenters. The van der Waals surface area contributed by atoms with Gasteiger partial charge in [-0.3, -0.25) is 9.69 Å². The maximum absolute atomic E-state index is 13.9. The molecule has 0 radical (unpaired) electrons. The number of nitrogens with two attached hydrogens (primary N) is 1. The molecular weight excluding hydrogens is 383 g/mol. The zero-order chi connectivity index (χ0) is 20.3. The maximum Gasteiger partial charge on any atom is 0.246 e. The van der Waals surface area contributed by atoms with Gasteiger partial charge < -0.3 is 5.73 Å². The molecule has 0 spiro atoms. The van der Waals surface area contributed by atoms with Crippen LogP contribution in [0.25, 0.3) is 0 Å². The zero-order valence-electron chi connectivity index (χ0n) is 15.0. The lowest BCUT2D eigenvalue weighted by atomic mass is 10.0. The molecule has 1 heterocycles. The summed E-state index contributed by atoms with van der Waals surface area (Å²) in [6.07, 6.45) is 0. The molecule has 1 amide bonds. The molecule has 2 N–H and O–H groups in total. The number of carbonyl (C=O) groups is 1. The number of sulfonamides is 1. The van der Waals surface area contributed by atoms with Crippen molar-refractivity contribution in [2.45, 2.75) is 10.9 Å². The Hall–Kier alpha value is -2.80. The van der Waals surface area contributed by atoms with Crippen LogP contribution in [0.2, 0.25) is 0 Å². The third kappa shape index (κ3) is 3.89. The summed E-state index contributed by atoms with van der Waals surface area (Å²) >= 11 is 0. The quantitative estimate of drug-likeness (QED) is 0.809. The Kier molecular flexibility index (Phi) is 5.74. The summed E-state index contributed by atoms with van der Waals surface area (Å²) in [5, 5.41) is 8.90. The van der Waals surface area contributed by atoms with Crippen molar-refractivity contribution in [2.24, 2.45) is 5.73 Å². The smallest absolute Gasteiger partial charge is 0.246 e. The Morgan fingerprint density at radius 3 is 2.21 bits per heavy atom. The number of carbonyl (C=O) groups excluding carboxylic acids is 1. The van der Waals surface area contributed by atoms with Gasteiger partial charge >= 0.3 is 0 Å². The minimum atomic E-state index is -3.96. The first kappa shape index (κ1) is 19.9. The zero-order valence-corrected chi connectivity index (χ0v) is 15.8.